The predicted molar refractivity (Wildman–Crippen MR) is 48.4 cm³/mol. The molecule has 1 heterocycles. The molecule has 0 radical (unpaired) electrons. The normalized spacial score (nSPS) is 20.8. The Labute approximate surface area is 89.8 Å². The predicted octanol–water partition coefficient (Wildman–Crippen LogP) is 2.05. The topological polar surface area (TPSA) is 46.7 Å². The van der Waals surface area contributed by atoms with Crippen molar-refractivity contribution in [2.24, 2.45) is 0 Å². The summed E-state index contributed by atoms with van der Waals surface area (Å²) in [7, 11) is -5.26. The zero-order valence-corrected chi connectivity index (χ0v) is 8.68. The maximum atomic E-state index is 12.2. The Morgan fingerprint density at radius 2 is 1.94 bits per heavy atom. The van der Waals surface area contributed by atoms with Crippen molar-refractivity contribution in [3.8, 4) is 0 Å². The van der Waals surface area contributed by atoms with Gasteiger partial charge in [-0.25, -0.2) is 8.42 Å². The van der Waals surface area contributed by atoms with Gasteiger partial charge in [-0.2, -0.15) is 13.2 Å². The van der Waals surface area contributed by atoms with Gasteiger partial charge in [0.15, 0.2) is 0 Å². The lowest BCUT2D eigenvalue weighted by Gasteiger charge is -2.08. The SMILES string of the molecule is O=S(=O)(c1cccc([C@@H]2CO2)c1)C(F)(F)F. The number of alkyl halides is 3. The molecule has 0 spiro atoms. The zero-order chi connectivity index (χ0) is 12.0. The molecule has 88 valence electrons. The largest absolute Gasteiger partial charge is 0.501 e. The number of rotatable bonds is 2. The highest BCUT2D eigenvalue weighted by molar-refractivity contribution is 7.92. The molecule has 1 aromatic carbocycles. The highest BCUT2D eigenvalue weighted by Gasteiger charge is 2.47. The van der Waals surface area contributed by atoms with Crippen molar-refractivity contribution in [1.29, 1.82) is 0 Å². The molecule has 0 aromatic heterocycles. The number of halogens is 3. The standard InChI is InChI=1S/C9H7F3O3S/c10-9(11,12)16(13,14)7-3-1-2-6(4-7)8-5-15-8/h1-4,8H,5H2/t8-/m0/s1. The van der Waals surface area contributed by atoms with Gasteiger partial charge < -0.3 is 4.74 Å². The van der Waals surface area contributed by atoms with E-state index in [9.17, 15) is 21.6 Å². The molecule has 3 nitrogen and oxygen atoms in total. The Morgan fingerprint density at radius 3 is 2.44 bits per heavy atom. The Morgan fingerprint density at radius 1 is 1.31 bits per heavy atom. The van der Waals surface area contributed by atoms with Crippen molar-refractivity contribution in [2.45, 2.75) is 16.5 Å². The molecule has 1 aromatic rings. The number of benzene rings is 1. The molecule has 2 rings (SSSR count). The summed E-state index contributed by atoms with van der Waals surface area (Å²) in [5.74, 6) is 0. The van der Waals surface area contributed by atoms with Crippen LogP contribution in [0.4, 0.5) is 13.2 Å². The minimum absolute atomic E-state index is 0.275. The second-order valence-electron chi connectivity index (χ2n) is 3.34. The van der Waals surface area contributed by atoms with Crippen LogP contribution in [0.5, 0.6) is 0 Å². The van der Waals surface area contributed by atoms with Crippen LogP contribution in [0.2, 0.25) is 0 Å². The Hall–Kier alpha value is -1.08. The maximum absolute atomic E-state index is 12.2. The minimum Gasteiger partial charge on any atom is -0.368 e. The third-order valence-electron chi connectivity index (χ3n) is 2.18. The maximum Gasteiger partial charge on any atom is 0.501 e. The van der Waals surface area contributed by atoms with E-state index in [0.717, 1.165) is 12.1 Å². The number of epoxide rings is 1. The monoisotopic (exact) mass is 252 g/mol. The molecule has 0 N–H and O–H groups in total. The van der Waals surface area contributed by atoms with Gasteiger partial charge >= 0.3 is 5.51 Å². The molecule has 7 heteroatoms. The summed E-state index contributed by atoms with van der Waals surface area (Å²) in [6.07, 6.45) is -0.275. The lowest BCUT2D eigenvalue weighted by Crippen LogP contribution is -2.23. The van der Waals surface area contributed by atoms with E-state index in [2.05, 4.69) is 0 Å². The van der Waals surface area contributed by atoms with E-state index in [1.54, 1.807) is 0 Å². The van der Waals surface area contributed by atoms with Gasteiger partial charge in [-0.3, -0.25) is 0 Å². The van der Waals surface area contributed by atoms with E-state index in [4.69, 9.17) is 4.74 Å². The summed E-state index contributed by atoms with van der Waals surface area (Å²) in [6, 6.07) is 4.73. The van der Waals surface area contributed by atoms with Gasteiger partial charge in [0.2, 0.25) is 0 Å². The van der Waals surface area contributed by atoms with E-state index < -0.39 is 20.2 Å². The van der Waals surface area contributed by atoms with Crippen molar-refractivity contribution in [3.05, 3.63) is 29.8 Å². The molecule has 1 fully saturated rings. The average Bonchev–Trinajstić information content (AvgIpc) is 2.99. The lowest BCUT2D eigenvalue weighted by atomic mass is 10.2. The first-order valence-corrected chi connectivity index (χ1v) is 5.83. The Balaban J connectivity index is 2.44. The lowest BCUT2D eigenvalue weighted by molar-refractivity contribution is -0.0436. The molecular formula is C9H7F3O3S. The quantitative estimate of drug-likeness (QED) is 0.757. The van der Waals surface area contributed by atoms with Crippen LogP contribution in [0.1, 0.15) is 11.7 Å². The van der Waals surface area contributed by atoms with Crippen molar-refractivity contribution < 1.29 is 26.3 Å². The van der Waals surface area contributed by atoms with E-state index in [0.29, 0.717) is 12.2 Å². The van der Waals surface area contributed by atoms with Crippen LogP contribution in [0.3, 0.4) is 0 Å². The van der Waals surface area contributed by atoms with Crippen LogP contribution in [0.25, 0.3) is 0 Å². The summed E-state index contributed by atoms with van der Waals surface area (Å²) >= 11 is 0. The number of hydrogen-bond donors (Lipinski definition) is 0. The van der Waals surface area contributed by atoms with Crippen LogP contribution < -0.4 is 0 Å². The molecular weight excluding hydrogens is 245 g/mol. The van der Waals surface area contributed by atoms with Gasteiger partial charge in [-0.1, -0.05) is 12.1 Å². The molecule has 0 bridgehead atoms. The van der Waals surface area contributed by atoms with Crippen molar-refractivity contribution >= 4 is 9.84 Å². The van der Waals surface area contributed by atoms with E-state index in [1.165, 1.54) is 12.1 Å². The van der Waals surface area contributed by atoms with Gasteiger partial charge in [-0.05, 0) is 17.7 Å². The molecule has 1 atom stereocenters. The van der Waals surface area contributed by atoms with Gasteiger partial charge in [-0.15, -0.1) is 0 Å². The first kappa shape index (κ1) is 11.4. The zero-order valence-electron chi connectivity index (χ0n) is 7.86. The van der Waals surface area contributed by atoms with E-state index in [-0.39, 0.29) is 6.10 Å². The molecule has 16 heavy (non-hydrogen) atoms. The minimum atomic E-state index is -5.27. The second-order valence-corrected chi connectivity index (χ2v) is 5.28. The molecule has 1 aliphatic heterocycles. The number of sulfone groups is 1. The third kappa shape index (κ3) is 1.92. The van der Waals surface area contributed by atoms with Gasteiger partial charge in [0.1, 0.15) is 6.10 Å². The fourth-order valence-electron chi connectivity index (χ4n) is 1.26. The fraction of sp³-hybridized carbons (Fsp3) is 0.333. The van der Waals surface area contributed by atoms with Gasteiger partial charge in [0.25, 0.3) is 9.84 Å². The summed E-state index contributed by atoms with van der Waals surface area (Å²) < 4.78 is 63.8. The van der Waals surface area contributed by atoms with Crippen LogP contribution >= 0.6 is 0 Å². The van der Waals surface area contributed by atoms with Crippen LogP contribution in [0, 0.1) is 0 Å². The third-order valence-corrected chi connectivity index (χ3v) is 3.66. The number of ether oxygens (including phenoxy) is 1. The molecule has 1 aliphatic rings. The van der Waals surface area contributed by atoms with Crippen molar-refractivity contribution in [1.82, 2.24) is 0 Å². The molecule has 0 saturated carbocycles. The molecule has 0 aliphatic carbocycles. The highest BCUT2D eigenvalue weighted by Crippen LogP contribution is 2.34. The first-order chi connectivity index (χ1) is 7.32. The molecule has 0 unspecified atom stereocenters. The van der Waals surface area contributed by atoms with Crippen molar-refractivity contribution in [3.63, 3.8) is 0 Å². The number of hydrogen-bond acceptors (Lipinski definition) is 3. The Bertz CT molecular complexity index is 503. The summed E-state index contributed by atoms with van der Waals surface area (Å²) in [4.78, 5) is -0.743. The summed E-state index contributed by atoms with van der Waals surface area (Å²) in [5, 5.41) is 0. The van der Waals surface area contributed by atoms with Crippen LogP contribution in [-0.4, -0.2) is 20.5 Å². The van der Waals surface area contributed by atoms with Crippen LogP contribution in [-0.2, 0) is 14.6 Å². The van der Waals surface area contributed by atoms with E-state index in [1.807, 2.05) is 0 Å². The first-order valence-electron chi connectivity index (χ1n) is 4.35. The average molecular weight is 252 g/mol. The molecule has 1 saturated heterocycles. The fourth-order valence-corrected chi connectivity index (χ4v) is 2.07. The Kier molecular flexibility index (Phi) is 2.47. The smallest absolute Gasteiger partial charge is 0.368 e. The second kappa shape index (κ2) is 3.46. The molecule has 0 amide bonds. The summed E-state index contributed by atoms with van der Waals surface area (Å²) in [6.45, 7) is 0.412. The van der Waals surface area contributed by atoms with Crippen molar-refractivity contribution in [2.75, 3.05) is 6.61 Å². The summed E-state index contributed by atoms with van der Waals surface area (Å²) in [5.41, 5.74) is -4.82. The van der Waals surface area contributed by atoms with E-state index >= 15 is 0 Å². The highest BCUT2D eigenvalue weighted by atomic mass is 32.2. The van der Waals surface area contributed by atoms with Gasteiger partial charge in [0.05, 0.1) is 11.5 Å². The van der Waals surface area contributed by atoms with Gasteiger partial charge in [0, 0.05) is 0 Å². The van der Waals surface area contributed by atoms with Crippen LogP contribution in [0.15, 0.2) is 29.2 Å².